The number of benzene rings is 1. The summed E-state index contributed by atoms with van der Waals surface area (Å²) in [4.78, 5) is 0. The molecule has 3 nitrogen and oxygen atoms in total. The zero-order chi connectivity index (χ0) is 14.6. The van der Waals surface area contributed by atoms with E-state index in [0.29, 0.717) is 6.61 Å². The number of rotatable bonds is 11. The average Bonchev–Trinajstić information content (AvgIpc) is 2.49. The molecule has 0 saturated heterocycles. The number of aryl methyl sites for hydroxylation is 1. The summed E-state index contributed by atoms with van der Waals surface area (Å²) in [6.45, 7) is 6.08. The van der Waals surface area contributed by atoms with Crippen molar-refractivity contribution in [3.63, 3.8) is 0 Å². The molecule has 0 radical (unpaired) electrons. The molecule has 1 unspecified atom stereocenters. The summed E-state index contributed by atoms with van der Waals surface area (Å²) >= 11 is 0. The summed E-state index contributed by atoms with van der Waals surface area (Å²) in [6.07, 6.45) is 5.52. The second-order valence-electron chi connectivity index (χ2n) is 5.22. The van der Waals surface area contributed by atoms with E-state index in [1.54, 1.807) is 0 Å². The third-order valence-electron chi connectivity index (χ3n) is 3.38. The molecule has 114 valence electrons. The molecule has 0 fully saturated rings. The molecule has 0 aliphatic rings. The zero-order valence-corrected chi connectivity index (χ0v) is 12.9. The van der Waals surface area contributed by atoms with Gasteiger partial charge in [-0.1, -0.05) is 32.4 Å². The zero-order valence-electron chi connectivity index (χ0n) is 12.9. The van der Waals surface area contributed by atoms with Crippen molar-refractivity contribution in [1.29, 1.82) is 0 Å². The first-order valence-corrected chi connectivity index (χ1v) is 7.86. The minimum Gasteiger partial charge on any atom is -0.494 e. The van der Waals surface area contributed by atoms with Crippen LogP contribution in [0.25, 0.3) is 0 Å². The lowest BCUT2D eigenvalue weighted by atomic mass is 10.1. The van der Waals surface area contributed by atoms with Crippen molar-refractivity contribution in [2.45, 2.75) is 52.0 Å². The standard InChI is InChI=1S/C17H29NO2/c1-3-5-6-15-7-9-17(10-8-15)20-13-11-16(14-19)18-12-4-2/h7-10,16,18-19H,3-6,11-14H2,1-2H3. The topological polar surface area (TPSA) is 41.5 Å². The first-order valence-electron chi connectivity index (χ1n) is 7.86. The van der Waals surface area contributed by atoms with E-state index < -0.39 is 0 Å². The highest BCUT2D eigenvalue weighted by Gasteiger charge is 2.06. The molecule has 1 rings (SSSR count). The van der Waals surface area contributed by atoms with Crippen LogP contribution >= 0.6 is 0 Å². The normalized spacial score (nSPS) is 12.3. The van der Waals surface area contributed by atoms with Gasteiger partial charge in [0.1, 0.15) is 5.75 Å². The number of aliphatic hydroxyl groups excluding tert-OH is 1. The van der Waals surface area contributed by atoms with E-state index in [2.05, 4.69) is 31.3 Å². The third-order valence-corrected chi connectivity index (χ3v) is 3.38. The molecule has 0 bridgehead atoms. The van der Waals surface area contributed by atoms with Crippen LogP contribution in [0.2, 0.25) is 0 Å². The Kier molecular flexibility index (Phi) is 9.09. The number of aliphatic hydroxyl groups is 1. The molecule has 0 heterocycles. The van der Waals surface area contributed by atoms with E-state index in [1.165, 1.54) is 18.4 Å². The highest BCUT2D eigenvalue weighted by molar-refractivity contribution is 5.27. The number of ether oxygens (including phenoxy) is 1. The molecule has 2 N–H and O–H groups in total. The smallest absolute Gasteiger partial charge is 0.119 e. The number of unbranched alkanes of at least 4 members (excludes halogenated alkanes) is 1. The van der Waals surface area contributed by atoms with Gasteiger partial charge in [0.2, 0.25) is 0 Å². The number of hydrogen-bond donors (Lipinski definition) is 2. The van der Waals surface area contributed by atoms with Crippen LogP contribution in [0.15, 0.2) is 24.3 Å². The van der Waals surface area contributed by atoms with Gasteiger partial charge in [0.25, 0.3) is 0 Å². The fourth-order valence-corrected chi connectivity index (χ4v) is 2.06. The molecule has 20 heavy (non-hydrogen) atoms. The molecular formula is C17H29NO2. The quantitative estimate of drug-likeness (QED) is 0.654. The van der Waals surface area contributed by atoms with E-state index in [9.17, 15) is 5.11 Å². The molecule has 1 atom stereocenters. The Bertz CT molecular complexity index is 337. The molecule has 0 aliphatic heterocycles. The molecule has 0 aromatic heterocycles. The second-order valence-corrected chi connectivity index (χ2v) is 5.22. The Balaban J connectivity index is 2.27. The van der Waals surface area contributed by atoms with Crippen molar-refractivity contribution in [1.82, 2.24) is 5.32 Å². The monoisotopic (exact) mass is 279 g/mol. The minimum absolute atomic E-state index is 0.138. The summed E-state index contributed by atoms with van der Waals surface area (Å²) in [5.41, 5.74) is 1.37. The molecular weight excluding hydrogens is 250 g/mol. The van der Waals surface area contributed by atoms with Gasteiger partial charge in [-0.25, -0.2) is 0 Å². The van der Waals surface area contributed by atoms with E-state index in [0.717, 1.165) is 31.6 Å². The predicted octanol–water partition coefficient (Wildman–Crippen LogP) is 3.16. The van der Waals surface area contributed by atoms with Gasteiger partial charge < -0.3 is 15.2 Å². The van der Waals surface area contributed by atoms with E-state index in [1.807, 2.05) is 12.1 Å². The SMILES string of the molecule is CCCCc1ccc(OCCC(CO)NCCC)cc1. The van der Waals surface area contributed by atoms with Crippen LogP contribution in [0.3, 0.4) is 0 Å². The van der Waals surface area contributed by atoms with Crippen molar-refractivity contribution in [3.05, 3.63) is 29.8 Å². The van der Waals surface area contributed by atoms with Crippen molar-refractivity contribution in [2.24, 2.45) is 0 Å². The number of nitrogens with one attached hydrogen (secondary N) is 1. The van der Waals surface area contributed by atoms with Gasteiger partial charge in [-0.2, -0.15) is 0 Å². The Morgan fingerprint density at radius 1 is 1.15 bits per heavy atom. The Morgan fingerprint density at radius 3 is 2.50 bits per heavy atom. The maximum Gasteiger partial charge on any atom is 0.119 e. The van der Waals surface area contributed by atoms with Gasteiger partial charge in [0.05, 0.1) is 13.2 Å². The summed E-state index contributed by atoms with van der Waals surface area (Å²) in [5.74, 6) is 0.914. The highest BCUT2D eigenvalue weighted by atomic mass is 16.5. The summed E-state index contributed by atoms with van der Waals surface area (Å²) in [7, 11) is 0. The summed E-state index contributed by atoms with van der Waals surface area (Å²) < 4.78 is 5.73. The van der Waals surface area contributed by atoms with Gasteiger partial charge in [-0.15, -0.1) is 0 Å². The van der Waals surface area contributed by atoms with E-state index in [4.69, 9.17) is 4.74 Å². The average molecular weight is 279 g/mol. The number of hydrogen-bond acceptors (Lipinski definition) is 3. The molecule has 3 heteroatoms. The first kappa shape index (κ1) is 17.0. The summed E-state index contributed by atoms with van der Waals surface area (Å²) in [6, 6.07) is 8.50. The van der Waals surface area contributed by atoms with Crippen molar-refractivity contribution < 1.29 is 9.84 Å². The largest absolute Gasteiger partial charge is 0.494 e. The lowest BCUT2D eigenvalue weighted by molar-refractivity contribution is 0.209. The van der Waals surface area contributed by atoms with E-state index >= 15 is 0 Å². The fraction of sp³-hybridized carbons (Fsp3) is 0.647. The molecule has 0 spiro atoms. The van der Waals surface area contributed by atoms with Crippen molar-refractivity contribution in [2.75, 3.05) is 19.8 Å². The lowest BCUT2D eigenvalue weighted by Crippen LogP contribution is -2.34. The van der Waals surface area contributed by atoms with Gasteiger partial charge in [0.15, 0.2) is 0 Å². The third kappa shape index (κ3) is 6.92. The Hall–Kier alpha value is -1.06. The van der Waals surface area contributed by atoms with Crippen LogP contribution in [-0.4, -0.2) is 30.9 Å². The van der Waals surface area contributed by atoms with Crippen LogP contribution in [0.5, 0.6) is 5.75 Å². The maximum atomic E-state index is 9.25. The van der Waals surface area contributed by atoms with Gasteiger partial charge in [-0.05, 0) is 49.9 Å². The predicted molar refractivity (Wildman–Crippen MR) is 84.3 cm³/mol. The van der Waals surface area contributed by atoms with Crippen molar-refractivity contribution >= 4 is 0 Å². The first-order chi connectivity index (χ1) is 9.80. The molecule has 0 amide bonds. The van der Waals surface area contributed by atoms with Crippen LogP contribution in [-0.2, 0) is 6.42 Å². The van der Waals surface area contributed by atoms with Crippen molar-refractivity contribution in [3.8, 4) is 5.75 Å². The second kappa shape index (κ2) is 10.7. The highest BCUT2D eigenvalue weighted by Crippen LogP contribution is 2.14. The lowest BCUT2D eigenvalue weighted by Gasteiger charge is -2.16. The van der Waals surface area contributed by atoms with Crippen LogP contribution in [0, 0.1) is 0 Å². The molecule has 1 aromatic carbocycles. The van der Waals surface area contributed by atoms with Gasteiger partial charge in [0, 0.05) is 6.04 Å². The Labute approximate surface area is 123 Å². The molecule has 0 saturated carbocycles. The van der Waals surface area contributed by atoms with Crippen LogP contribution in [0.4, 0.5) is 0 Å². The van der Waals surface area contributed by atoms with Crippen LogP contribution < -0.4 is 10.1 Å². The molecule has 1 aromatic rings. The maximum absolute atomic E-state index is 9.25. The summed E-state index contributed by atoms with van der Waals surface area (Å²) in [5, 5.41) is 12.6. The fourth-order valence-electron chi connectivity index (χ4n) is 2.06. The minimum atomic E-state index is 0.138. The Morgan fingerprint density at radius 2 is 1.90 bits per heavy atom. The van der Waals surface area contributed by atoms with Gasteiger partial charge >= 0.3 is 0 Å². The van der Waals surface area contributed by atoms with Gasteiger partial charge in [-0.3, -0.25) is 0 Å². The molecule has 0 aliphatic carbocycles. The van der Waals surface area contributed by atoms with Crippen LogP contribution in [0.1, 0.15) is 45.1 Å². The van der Waals surface area contributed by atoms with E-state index in [-0.39, 0.29) is 12.6 Å².